The average Bonchev–Trinajstić information content (AvgIpc) is 3.13. The largest absolute Gasteiger partial charge is 0.448 e. The highest BCUT2D eigenvalue weighted by Crippen LogP contribution is 2.44. The molecule has 0 saturated heterocycles. The standard InChI is InChI=1S/C23H25N3O3/c1-14(2)26-22(27)21(15(3)25(26)4)24-23(28)29-13-20-18-11-7-5-9-16(18)17-10-6-8-12-19(17)20/h5-12,14,20H,13H2,1-4H3,(H,24,28). The number of hydrogen-bond acceptors (Lipinski definition) is 3. The van der Waals surface area contributed by atoms with E-state index >= 15 is 0 Å². The number of rotatable bonds is 4. The first-order chi connectivity index (χ1) is 13.9. The maximum absolute atomic E-state index is 12.6. The molecule has 0 bridgehead atoms. The van der Waals surface area contributed by atoms with E-state index in [4.69, 9.17) is 4.74 Å². The van der Waals surface area contributed by atoms with E-state index in [2.05, 4.69) is 29.6 Å². The monoisotopic (exact) mass is 391 g/mol. The van der Waals surface area contributed by atoms with Crippen LogP contribution < -0.4 is 10.9 Å². The second kappa shape index (κ2) is 7.28. The first-order valence-electron chi connectivity index (χ1n) is 9.80. The summed E-state index contributed by atoms with van der Waals surface area (Å²) in [6.45, 7) is 5.87. The lowest BCUT2D eigenvalue weighted by Crippen LogP contribution is -2.26. The molecule has 0 fully saturated rings. The Kier molecular flexibility index (Phi) is 4.78. The smallest absolute Gasteiger partial charge is 0.411 e. The van der Waals surface area contributed by atoms with Crippen LogP contribution in [0.25, 0.3) is 11.1 Å². The van der Waals surface area contributed by atoms with Gasteiger partial charge in [0.05, 0.1) is 5.69 Å². The zero-order valence-electron chi connectivity index (χ0n) is 17.1. The summed E-state index contributed by atoms with van der Waals surface area (Å²) in [6, 6.07) is 16.4. The Balaban J connectivity index is 1.53. The van der Waals surface area contributed by atoms with Crippen molar-refractivity contribution in [3.05, 3.63) is 75.7 Å². The fourth-order valence-electron chi connectivity index (χ4n) is 4.19. The summed E-state index contributed by atoms with van der Waals surface area (Å²) in [4.78, 5) is 25.1. The van der Waals surface area contributed by atoms with E-state index in [1.54, 1.807) is 23.3 Å². The molecule has 1 aliphatic rings. The van der Waals surface area contributed by atoms with Gasteiger partial charge >= 0.3 is 6.09 Å². The lowest BCUT2D eigenvalue weighted by Gasteiger charge is -2.14. The van der Waals surface area contributed by atoms with Crippen LogP contribution in [0.2, 0.25) is 0 Å². The Morgan fingerprint density at radius 3 is 2.14 bits per heavy atom. The van der Waals surface area contributed by atoms with Crippen molar-refractivity contribution in [1.82, 2.24) is 9.36 Å². The number of benzene rings is 2. The minimum atomic E-state index is -0.617. The minimum Gasteiger partial charge on any atom is -0.448 e. The highest BCUT2D eigenvalue weighted by molar-refractivity contribution is 5.85. The van der Waals surface area contributed by atoms with Gasteiger partial charge < -0.3 is 4.74 Å². The third-order valence-corrected chi connectivity index (χ3v) is 5.65. The van der Waals surface area contributed by atoms with Crippen molar-refractivity contribution in [2.45, 2.75) is 32.7 Å². The topological polar surface area (TPSA) is 65.3 Å². The quantitative estimate of drug-likeness (QED) is 0.715. The minimum absolute atomic E-state index is 0.00994. The number of anilines is 1. The SMILES string of the molecule is Cc1c(NC(=O)OCC2c3ccccc3-c3ccccc32)c(=O)n(C(C)C)n1C. The van der Waals surface area contributed by atoms with Gasteiger partial charge in [0.25, 0.3) is 5.56 Å². The highest BCUT2D eigenvalue weighted by atomic mass is 16.5. The Bertz CT molecular complexity index is 1100. The molecule has 1 heterocycles. The number of hydrogen-bond donors (Lipinski definition) is 1. The number of nitrogens with zero attached hydrogens (tertiary/aromatic N) is 2. The fraction of sp³-hybridized carbons (Fsp3) is 0.304. The second-order valence-electron chi connectivity index (χ2n) is 7.68. The van der Waals surface area contributed by atoms with Gasteiger partial charge in [-0.25, -0.2) is 9.48 Å². The van der Waals surface area contributed by atoms with Crippen LogP contribution in [0.1, 0.15) is 42.6 Å². The third-order valence-electron chi connectivity index (χ3n) is 5.65. The molecule has 1 N–H and O–H groups in total. The number of aromatic nitrogens is 2. The lowest BCUT2D eigenvalue weighted by molar-refractivity contribution is 0.158. The summed E-state index contributed by atoms with van der Waals surface area (Å²) in [5, 5.41) is 2.65. The van der Waals surface area contributed by atoms with Crippen LogP contribution in [0.3, 0.4) is 0 Å². The normalized spacial score (nSPS) is 12.7. The summed E-state index contributed by atoms with van der Waals surface area (Å²) in [5.41, 5.74) is 5.38. The van der Waals surface area contributed by atoms with Gasteiger partial charge in [-0.2, -0.15) is 0 Å². The van der Waals surface area contributed by atoms with Crippen molar-refractivity contribution in [3.8, 4) is 11.1 Å². The van der Waals surface area contributed by atoms with Crippen LogP contribution in [-0.4, -0.2) is 22.1 Å². The molecular weight excluding hydrogens is 366 g/mol. The highest BCUT2D eigenvalue weighted by Gasteiger charge is 2.29. The molecule has 29 heavy (non-hydrogen) atoms. The zero-order chi connectivity index (χ0) is 20.7. The van der Waals surface area contributed by atoms with E-state index in [-0.39, 0.29) is 29.8 Å². The number of nitrogens with one attached hydrogen (secondary N) is 1. The van der Waals surface area contributed by atoms with Gasteiger partial charge in [0, 0.05) is 19.0 Å². The van der Waals surface area contributed by atoms with E-state index in [0.29, 0.717) is 5.69 Å². The Morgan fingerprint density at radius 2 is 1.62 bits per heavy atom. The average molecular weight is 391 g/mol. The van der Waals surface area contributed by atoms with Gasteiger partial charge in [-0.05, 0) is 43.0 Å². The van der Waals surface area contributed by atoms with Crippen LogP contribution >= 0.6 is 0 Å². The van der Waals surface area contributed by atoms with Gasteiger partial charge in [-0.1, -0.05) is 48.5 Å². The van der Waals surface area contributed by atoms with E-state index < -0.39 is 6.09 Å². The molecule has 150 valence electrons. The van der Waals surface area contributed by atoms with E-state index in [1.807, 2.05) is 38.1 Å². The van der Waals surface area contributed by atoms with Crippen molar-refractivity contribution in [1.29, 1.82) is 0 Å². The van der Waals surface area contributed by atoms with Gasteiger partial charge in [0.1, 0.15) is 12.3 Å². The predicted molar refractivity (Wildman–Crippen MR) is 113 cm³/mol. The molecule has 0 radical (unpaired) electrons. The summed E-state index contributed by atoms with van der Waals surface area (Å²) in [6.07, 6.45) is -0.617. The number of carbonyl (C=O) groups excluding carboxylic acids is 1. The number of ether oxygens (including phenoxy) is 1. The van der Waals surface area contributed by atoms with Crippen LogP contribution in [0.5, 0.6) is 0 Å². The van der Waals surface area contributed by atoms with E-state index in [0.717, 1.165) is 11.1 Å². The van der Waals surface area contributed by atoms with E-state index in [9.17, 15) is 9.59 Å². The van der Waals surface area contributed by atoms with E-state index in [1.165, 1.54) is 11.1 Å². The van der Waals surface area contributed by atoms with Gasteiger partial charge in [-0.15, -0.1) is 0 Å². The number of amides is 1. The van der Waals surface area contributed by atoms with Crippen LogP contribution in [0.4, 0.5) is 10.5 Å². The molecule has 3 aromatic rings. The molecule has 2 aromatic carbocycles. The van der Waals surface area contributed by atoms with Crippen molar-refractivity contribution < 1.29 is 9.53 Å². The Labute approximate surface area is 169 Å². The molecule has 1 amide bonds. The molecule has 1 aliphatic carbocycles. The molecule has 6 heteroatoms. The molecule has 0 saturated carbocycles. The fourth-order valence-corrected chi connectivity index (χ4v) is 4.19. The molecular formula is C23H25N3O3. The van der Waals surface area contributed by atoms with Gasteiger partial charge in [-0.3, -0.25) is 14.8 Å². The van der Waals surface area contributed by atoms with Crippen molar-refractivity contribution >= 4 is 11.8 Å². The Morgan fingerprint density at radius 1 is 1.07 bits per heavy atom. The van der Waals surface area contributed by atoms with Crippen molar-refractivity contribution in [2.75, 3.05) is 11.9 Å². The number of fused-ring (bicyclic) bond motifs is 3. The number of carbonyl (C=O) groups is 1. The summed E-state index contributed by atoms with van der Waals surface area (Å²) >= 11 is 0. The van der Waals surface area contributed by atoms with Crippen LogP contribution in [0, 0.1) is 6.92 Å². The predicted octanol–water partition coefficient (Wildman–Crippen LogP) is 4.44. The van der Waals surface area contributed by atoms with Crippen molar-refractivity contribution in [2.24, 2.45) is 7.05 Å². The van der Waals surface area contributed by atoms with Gasteiger partial charge in [0.15, 0.2) is 0 Å². The zero-order valence-corrected chi connectivity index (χ0v) is 17.1. The van der Waals surface area contributed by atoms with Crippen LogP contribution in [0.15, 0.2) is 53.3 Å². The first kappa shape index (κ1) is 19.1. The maximum atomic E-state index is 12.6. The second-order valence-corrected chi connectivity index (χ2v) is 7.68. The molecule has 0 unspecified atom stereocenters. The lowest BCUT2D eigenvalue weighted by atomic mass is 9.98. The summed E-state index contributed by atoms with van der Waals surface area (Å²) in [7, 11) is 1.81. The van der Waals surface area contributed by atoms with Gasteiger partial charge in [0.2, 0.25) is 0 Å². The summed E-state index contributed by atoms with van der Waals surface area (Å²) < 4.78 is 8.92. The van der Waals surface area contributed by atoms with Crippen molar-refractivity contribution in [3.63, 3.8) is 0 Å². The van der Waals surface area contributed by atoms with Crippen LogP contribution in [-0.2, 0) is 11.8 Å². The molecule has 4 rings (SSSR count). The summed E-state index contributed by atoms with van der Waals surface area (Å²) in [5.74, 6) is -0.0163. The molecule has 0 aliphatic heterocycles. The Hall–Kier alpha value is -3.28. The molecule has 6 nitrogen and oxygen atoms in total. The molecule has 0 spiro atoms. The molecule has 1 aromatic heterocycles. The third kappa shape index (κ3) is 3.14. The maximum Gasteiger partial charge on any atom is 0.411 e. The molecule has 0 atom stereocenters. The first-order valence-corrected chi connectivity index (χ1v) is 9.80.